The van der Waals surface area contributed by atoms with Gasteiger partial charge in [-0.15, -0.1) is 0 Å². The number of aromatic nitrogens is 4. The smallest absolute Gasteiger partial charge is 0.329 e. The Morgan fingerprint density at radius 3 is 2.46 bits per heavy atom. The molecule has 4 aromatic rings. The third-order valence-electron chi connectivity index (χ3n) is 6.31. The summed E-state index contributed by atoms with van der Waals surface area (Å²) in [4.78, 5) is 27.0. The van der Waals surface area contributed by atoms with Gasteiger partial charge in [-0.25, -0.2) is 9.48 Å². The Labute approximate surface area is 206 Å². The van der Waals surface area contributed by atoms with Crippen molar-refractivity contribution in [3.8, 4) is 5.69 Å². The predicted molar refractivity (Wildman–Crippen MR) is 133 cm³/mol. The first kappa shape index (κ1) is 22.5. The van der Waals surface area contributed by atoms with Crippen molar-refractivity contribution < 1.29 is 14.7 Å². The van der Waals surface area contributed by atoms with Crippen molar-refractivity contribution in [1.82, 2.24) is 20.2 Å². The molecule has 5 rings (SSSR count). The number of anilines is 2. The first-order valence-corrected chi connectivity index (χ1v) is 11.4. The van der Waals surface area contributed by atoms with Crippen LogP contribution < -0.4 is 10.2 Å². The van der Waals surface area contributed by atoms with Crippen LogP contribution in [-0.4, -0.2) is 42.7 Å². The number of carboxylic acids is 1. The van der Waals surface area contributed by atoms with Gasteiger partial charge in [-0.05, 0) is 72.7 Å². The van der Waals surface area contributed by atoms with E-state index in [9.17, 15) is 14.7 Å². The predicted octanol–water partition coefficient (Wildman–Crippen LogP) is 3.98. The number of aliphatic carboxylic acids is 1. The summed E-state index contributed by atoms with van der Waals surface area (Å²) in [5.74, 6) is -1.17. The number of nitrogens with zero attached hydrogens (tertiary/aromatic N) is 4. The number of rotatable bonds is 5. The monoisotopic (exact) mass is 486 g/mol. The summed E-state index contributed by atoms with van der Waals surface area (Å²) in [6.45, 7) is 2.21. The van der Waals surface area contributed by atoms with E-state index in [1.165, 1.54) is 4.68 Å². The number of aromatic amines is 1. The highest BCUT2D eigenvalue weighted by atomic mass is 32.1. The second-order valence-electron chi connectivity index (χ2n) is 8.58. The van der Waals surface area contributed by atoms with Crippen LogP contribution in [0.4, 0.5) is 11.4 Å². The molecule has 3 aromatic carbocycles. The van der Waals surface area contributed by atoms with Gasteiger partial charge in [0.2, 0.25) is 4.77 Å². The number of carbonyl (C=O) groups excluding carboxylic acids is 1. The van der Waals surface area contributed by atoms with E-state index in [1.54, 1.807) is 49.4 Å². The molecule has 1 amide bonds. The number of fused-ring (bicyclic) bond motifs is 1. The molecule has 1 aliphatic rings. The largest absolute Gasteiger partial charge is 0.479 e. The molecular formula is C25H22N6O3S. The Hall–Kier alpha value is -4.31. The zero-order chi connectivity index (χ0) is 24.6. The van der Waals surface area contributed by atoms with Crippen LogP contribution in [0.3, 0.4) is 0 Å². The Morgan fingerprint density at radius 1 is 1.03 bits per heavy atom. The standard InChI is InChI=1S/C25H22N6O3S/c1-25(23(33)34)14-17-5-2-3-6-18(17)15-30(25)20-11-9-16(10-12-20)22(32)26-19-7-4-8-21(13-19)31-24(35)27-28-29-31/h2-13H,14-15H2,1H3,(H,26,32)(H,33,34)(H,27,29,35). The van der Waals surface area contributed by atoms with Gasteiger partial charge in [0.1, 0.15) is 5.54 Å². The molecule has 0 saturated carbocycles. The Bertz CT molecular complexity index is 1480. The summed E-state index contributed by atoms with van der Waals surface area (Å²) in [6.07, 6.45) is 0.396. The van der Waals surface area contributed by atoms with Gasteiger partial charge in [0, 0.05) is 29.9 Å². The molecule has 1 unspecified atom stereocenters. The van der Waals surface area contributed by atoms with Gasteiger partial charge in [-0.2, -0.15) is 5.21 Å². The van der Waals surface area contributed by atoms with Gasteiger partial charge >= 0.3 is 5.97 Å². The molecular weight excluding hydrogens is 464 g/mol. The van der Waals surface area contributed by atoms with Gasteiger partial charge in [-0.1, -0.05) is 40.6 Å². The lowest BCUT2D eigenvalue weighted by Gasteiger charge is -2.44. The molecule has 0 bridgehead atoms. The van der Waals surface area contributed by atoms with E-state index in [-0.39, 0.29) is 10.7 Å². The third kappa shape index (κ3) is 4.19. The van der Waals surface area contributed by atoms with E-state index in [0.717, 1.165) is 16.8 Å². The maximum absolute atomic E-state index is 12.9. The van der Waals surface area contributed by atoms with Crippen molar-refractivity contribution in [3.63, 3.8) is 0 Å². The maximum Gasteiger partial charge on any atom is 0.329 e. The molecule has 1 aliphatic heterocycles. The van der Waals surface area contributed by atoms with Crippen LogP contribution in [0.2, 0.25) is 0 Å². The fourth-order valence-electron chi connectivity index (χ4n) is 4.35. The zero-order valence-corrected chi connectivity index (χ0v) is 19.6. The van der Waals surface area contributed by atoms with Crippen LogP contribution >= 0.6 is 12.2 Å². The number of carboxylic acid groups (broad SMARTS) is 1. The first-order chi connectivity index (χ1) is 16.8. The minimum atomic E-state index is -1.10. The molecule has 0 saturated heterocycles. The minimum absolute atomic E-state index is 0.276. The van der Waals surface area contributed by atoms with Gasteiger partial charge < -0.3 is 15.3 Å². The third-order valence-corrected chi connectivity index (χ3v) is 6.58. The second kappa shape index (κ2) is 8.80. The van der Waals surface area contributed by atoms with Gasteiger partial charge in [0.15, 0.2) is 0 Å². The van der Waals surface area contributed by atoms with Crippen molar-refractivity contribution in [2.45, 2.75) is 25.4 Å². The summed E-state index contributed by atoms with van der Waals surface area (Å²) < 4.78 is 1.80. The van der Waals surface area contributed by atoms with E-state index >= 15 is 0 Å². The molecule has 35 heavy (non-hydrogen) atoms. The lowest BCUT2D eigenvalue weighted by Crippen LogP contribution is -2.56. The highest BCUT2D eigenvalue weighted by Gasteiger charge is 2.43. The topological polar surface area (TPSA) is 116 Å². The summed E-state index contributed by atoms with van der Waals surface area (Å²) in [5.41, 5.74) is 3.50. The molecule has 0 fully saturated rings. The molecule has 0 aliphatic carbocycles. The average molecular weight is 487 g/mol. The summed E-state index contributed by atoms with van der Waals surface area (Å²) >= 11 is 5.13. The molecule has 3 N–H and O–H groups in total. The van der Waals surface area contributed by atoms with Crippen LogP contribution in [0, 0.1) is 4.77 Å². The molecule has 1 aromatic heterocycles. The summed E-state index contributed by atoms with van der Waals surface area (Å²) in [7, 11) is 0. The molecule has 1 atom stereocenters. The zero-order valence-electron chi connectivity index (χ0n) is 18.8. The molecule has 10 heteroatoms. The maximum atomic E-state index is 12.9. The molecule has 176 valence electrons. The number of H-pyrrole nitrogens is 1. The van der Waals surface area contributed by atoms with E-state index in [1.807, 2.05) is 35.2 Å². The van der Waals surface area contributed by atoms with E-state index < -0.39 is 11.5 Å². The molecule has 0 spiro atoms. The average Bonchev–Trinajstić information content (AvgIpc) is 3.29. The second-order valence-corrected chi connectivity index (χ2v) is 8.95. The quantitative estimate of drug-likeness (QED) is 0.365. The SMILES string of the molecule is CC1(C(=O)O)Cc2ccccc2CN1c1ccc(C(=O)Nc2cccc(-n3[nH]nnc3=S)c2)cc1. The van der Waals surface area contributed by atoms with Gasteiger partial charge in [-0.3, -0.25) is 4.79 Å². The van der Waals surface area contributed by atoms with Gasteiger partial charge in [0.05, 0.1) is 5.69 Å². The number of nitrogens with one attached hydrogen (secondary N) is 2. The summed E-state index contributed by atoms with van der Waals surface area (Å²) in [6, 6.07) is 22.0. The number of carbonyl (C=O) groups is 2. The molecule has 2 heterocycles. The lowest BCUT2D eigenvalue weighted by molar-refractivity contribution is -0.143. The van der Waals surface area contributed by atoms with Crippen molar-refractivity contribution in [2.75, 3.05) is 10.2 Å². The van der Waals surface area contributed by atoms with Crippen LogP contribution in [0.5, 0.6) is 0 Å². The number of benzene rings is 3. The van der Waals surface area contributed by atoms with Crippen molar-refractivity contribution in [1.29, 1.82) is 0 Å². The highest BCUT2D eigenvalue weighted by Crippen LogP contribution is 2.35. The number of amides is 1. The van der Waals surface area contributed by atoms with Crippen LogP contribution in [0.25, 0.3) is 5.69 Å². The Morgan fingerprint density at radius 2 is 1.77 bits per heavy atom. The van der Waals surface area contributed by atoms with Crippen molar-refractivity contribution in [3.05, 3.63) is 94.3 Å². The van der Waals surface area contributed by atoms with E-state index in [0.29, 0.717) is 29.9 Å². The van der Waals surface area contributed by atoms with Crippen LogP contribution in [0.1, 0.15) is 28.4 Å². The highest BCUT2D eigenvalue weighted by molar-refractivity contribution is 7.71. The number of hydrogen-bond donors (Lipinski definition) is 3. The van der Waals surface area contributed by atoms with Crippen molar-refractivity contribution >= 4 is 35.5 Å². The molecule has 0 radical (unpaired) electrons. The fraction of sp³-hybridized carbons (Fsp3) is 0.160. The van der Waals surface area contributed by atoms with Crippen LogP contribution in [-0.2, 0) is 17.8 Å². The number of hydrogen-bond acceptors (Lipinski definition) is 6. The van der Waals surface area contributed by atoms with E-state index in [2.05, 4.69) is 20.8 Å². The number of tetrazole rings is 1. The Kier molecular flexibility index (Phi) is 5.65. The summed E-state index contributed by atoms with van der Waals surface area (Å²) in [5, 5.41) is 23.0. The van der Waals surface area contributed by atoms with Gasteiger partial charge in [0.25, 0.3) is 5.91 Å². The lowest BCUT2D eigenvalue weighted by atomic mass is 9.83. The first-order valence-electron chi connectivity index (χ1n) is 10.9. The Balaban J connectivity index is 1.37. The molecule has 9 nitrogen and oxygen atoms in total. The normalized spacial score (nSPS) is 17.0. The fourth-order valence-corrected chi connectivity index (χ4v) is 4.53. The van der Waals surface area contributed by atoms with E-state index in [4.69, 9.17) is 12.2 Å². The minimum Gasteiger partial charge on any atom is -0.479 e. The van der Waals surface area contributed by atoms with Crippen LogP contribution in [0.15, 0.2) is 72.8 Å². The van der Waals surface area contributed by atoms with Crippen molar-refractivity contribution in [2.24, 2.45) is 0 Å².